The van der Waals surface area contributed by atoms with Crippen LogP contribution in [0.2, 0.25) is 4.28 Å². The molecule has 0 unspecified atom stereocenters. The fourth-order valence-electron chi connectivity index (χ4n) is 0.644. The van der Waals surface area contributed by atoms with E-state index in [-0.39, 0.29) is 24.8 Å². The van der Waals surface area contributed by atoms with Gasteiger partial charge in [0.2, 0.25) is 0 Å². The van der Waals surface area contributed by atoms with Crippen LogP contribution in [0.4, 0.5) is 0 Å². The van der Waals surface area contributed by atoms with E-state index in [0.717, 1.165) is 0 Å². The first-order valence-electron chi connectivity index (χ1n) is 2.85. The van der Waals surface area contributed by atoms with Gasteiger partial charge in [0.05, 0.1) is 0 Å². The van der Waals surface area contributed by atoms with Gasteiger partial charge >= 0.3 is 54.2 Å². The van der Waals surface area contributed by atoms with Crippen molar-refractivity contribution in [3.05, 3.63) is 0 Å². The van der Waals surface area contributed by atoms with Crippen molar-refractivity contribution in [3.8, 4) is 0 Å². The summed E-state index contributed by atoms with van der Waals surface area (Å²) < 4.78 is 0.467. The molecule has 0 spiro atoms. The predicted octanol–water partition coefficient (Wildman–Crippen LogP) is -3.84. The number of hydrogen-bond donors (Lipinski definition) is 0. The zero-order valence-corrected chi connectivity index (χ0v) is 8.91. The molecule has 0 bridgehead atoms. The second-order valence-corrected chi connectivity index (χ2v) is 4.30. The van der Waals surface area contributed by atoms with Crippen molar-refractivity contribution in [3.63, 3.8) is 0 Å². The van der Waals surface area contributed by atoms with Gasteiger partial charge in [-0.25, -0.2) is 0 Å². The Kier molecular flexibility index (Phi) is 13.3. The largest absolute Gasteiger partial charge is 1.00 e. The van der Waals surface area contributed by atoms with Crippen molar-refractivity contribution in [2.75, 3.05) is 0 Å². The van der Waals surface area contributed by atoms with Gasteiger partial charge < -0.3 is 24.8 Å². The van der Waals surface area contributed by atoms with Crippen LogP contribution in [0.1, 0.15) is 33.6 Å². The third-order valence-electron chi connectivity index (χ3n) is 0.894. The molecule has 3 heteroatoms. The van der Waals surface area contributed by atoms with Crippen LogP contribution in [0.5, 0.6) is 0 Å². The molecule has 0 aliphatic heterocycles. The maximum Gasteiger partial charge on any atom is -1.00 e. The Bertz CT molecular complexity index is 49.5. The molecule has 0 amide bonds. The summed E-state index contributed by atoms with van der Waals surface area (Å²) in [5.74, 6) is 0. The molecule has 0 atom stereocenters. The van der Waals surface area contributed by atoms with Crippen molar-refractivity contribution in [2.24, 2.45) is 0 Å². The Balaban J connectivity index is -0.000000180. The summed E-state index contributed by atoms with van der Waals surface area (Å²) >= 11 is 2.84. The molecule has 0 heterocycles. The normalized spacial score (nSPS) is 9.44. The molecule has 0 aliphatic rings. The molecule has 0 radical (unpaired) electrons. The monoisotopic (exact) mass is 182 g/mol. The zero-order valence-electron chi connectivity index (χ0n) is 6.25. The van der Waals surface area contributed by atoms with E-state index in [9.17, 15) is 0 Å². The maximum atomic E-state index is 2.84. The molecule has 0 aliphatic carbocycles. The second kappa shape index (κ2) is 7.22. The van der Waals surface area contributed by atoms with Crippen LogP contribution < -0.4 is 24.8 Å². The van der Waals surface area contributed by atoms with Crippen molar-refractivity contribution in [2.45, 2.75) is 37.9 Å². The van der Waals surface area contributed by atoms with Gasteiger partial charge in [-0.2, -0.15) is 0 Å². The van der Waals surface area contributed by atoms with Gasteiger partial charge in [-0.15, -0.1) is 0 Å². The average Bonchev–Trinajstić information content (AvgIpc) is 1.30. The fraction of sp³-hybridized carbons (Fsp3) is 1.00. The van der Waals surface area contributed by atoms with Crippen LogP contribution in [0.15, 0.2) is 0 Å². The van der Waals surface area contributed by atoms with E-state index >= 15 is 0 Å². The van der Waals surface area contributed by atoms with Gasteiger partial charge in [0.15, 0.2) is 0 Å². The smallest absolute Gasteiger partial charge is 1.00 e. The van der Waals surface area contributed by atoms with Crippen molar-refractivity contribution in [1.82, 2.24) is 0 Å². The summed E-state index contributed by atoms with van der Waals surface area (Å²) in [6, 6.07) is 0. The Hall–Kier alpha value is 1.11. The molecule has 0 fully saturated rings. The molecule has 9 heavy (non-hydrogen) atoms. The molecular weight excluding hydrogens is 170 g/mol. The first kappa shape index (κ1) is 16.6. The summed E-state index contributed by atoms with van der Waals surface area (Å²) in [6.45, 7) is 6.69. The Labute approximate surface area is 79.0 Å². The Morgan fingerprint density at radius 2 is 1.56 bits per heavy atom. The third-order valence-corrected chi connectivity index (χ3v) is 1.18. The van der Waals surface area contributed by atoms with E-state index < -0.39 is 0 Å². The topological polar surface area (TPSA) is 0 Å². The summed E-state index contributed by atoms with van der Waals surface area (Å²) in [5.41, 5.74) is 0. The van der Waals surface area contributed by atoms with E-state index in [1.807, 2.05) is 0 Å². The van der Waals surface area contributed by atoms with Gasteiger partial charge in [-0.1, -0.05) is 0 Å². The van der Waals surface area contributed by atoms with E-state index in [0.29, 0.717) is 4.28 Å². The molecule has 0 rings (SSSR count). The second-order valence-electron chi connectivity index (χ2n) is 2.74. The molecule has 0 saturated carbocycles. The van der Waals surface area contributed by atoms with Crippen LogP contribution in [-0.2, 0) is 0 Å². The van der Waals surface area contributed by atoms with E-state index in [4.69, 9.17) is 0 Å². The van der Waals surface area contributed by atoms with E-state index in [1.54, 1.807) is 0 Å². The van der Waals surface area contributed by atoms with Crippen molar-refractivity contribution in [1.29, 1.82) is 0 Å². The van der Waals surface area contributed by atoms with Gasteiger partial charge in [-0.05, 0) is 0 Å². The molecule has 0 aromatic rings. The van der Waals surface area contributed by atoms with Gasteiger partial charge in [0.1, 0.15) is 0 Å². The maximum absolute atomic E-state index is 2.84. The fourth-order valence-corrected chi connectivity index (χ4v) is 0.933. The average molecular weight is 183 g/mol. The molecule has 0 aromatic carbocycles. The van der Waals surface area contributed by atoms with E-state index in [1.165, 1.54) is 12.8 Å². The van der Waals surface area contributed by atoms with Crippen LogP contribution in [-0.4, -0.2) is 16.3 Å². The van der Waals surface area contributed by atoms with Gasteiger partial charge in [0.25, 0.3) is 0 Å². The van der Waals surface area contributed by atoms with Crippen LogP contribution in [0.25, 0.3) is 0 Å². The summed E-state index contributed by atoms with van der Waals surface area (Å²) in [5, 5.41) is 0. The first-order valence-corrected chi connectivity index (χ1v) is 3.43. The SMILES string of the molecule is CCC[C](C)(C)[Al+2].[Cl-].[Cl-]. The minimum Gasteiger partial charge on any atom is -1.00 e. The predicted molar refractivity (Wildman–Crippen MR) is 34.7 cm³/mol. The van der Waals surface area contributed by atoms with Crippen LogP contribution >= 0.6 is 0 Å². The van der Waals surface area contributed by atoms with Gasteiger partial charge in [0, 0.05) is 0 Å². The molecule has 54 valence electrons. The minimum absolute atomic E-state index is 0. The molecule has 0 N–H and O–H groups in total. The number of halogens is 2. The summed E-state index contributed by atoms with van der Waals surface area (Å²) in [4.78, 5) is 0. The Morgan fingerprint density at radius 3 is 1.56 bits per heavy atom. The van der Waals surface area contributed by atoms with Crippen molar-refractivity contribution < 1.29 is 24.8 Å². The first-order chi connectivity index (χ1) is 3.06. The standard InChI is InChI=1S/C6H13.Al.2ClH/c1-4-5-6(2)3;;;/h4-5H2,1-3H3;;2*1H/q;+2;;/p-2. The van der Waals surface area contributed by atoms with E-state index in [2.05, 4.69) is 37.1 Å². The number of rotatable bonds is 2. The number of hydrogen-bond acceptors (Lipinski definition) is 0. The summed E-state index contributed by atoms with van der Waals surface area (Å²) in [6.07, 6.45) is 2.59. The minimum atomic E-state index is 0. The quantitative estimate of drug-likeness (QED) is 0.385. The van der Waals surface area contributed by atoms with Gasteiger partial charge in [-0.3, -0.25) is 0 Å². The third kappa shape index (κ3) is 17.6. The van der Waals surface area contributed by atoms with Crippen LogP contribution in [0.3, 0.4) is 0 Å². The molecule has 0 saturated heterocycles. The summed E-state index contributed by atoms with van der Waals surface area (Å²) in [7, 11) is 0. The Morgan fingerprint density at radius 1 is 1.22 bits per heavy atom. The molecule has 0 aromatic heterocycles. The van der Waals surface area contributed by atoms with Crippen molar-refractivity contribution >= 4 is 16.3 Å². The van der Waals surface area contributed by atoms with Crippen LogP contribution in [0, 0.1) is 0 Å². The molecule has 0 nitrogen and oxygen atoms in total. The molecular formula is C6H13AlCl2. The zero-order chi connectivity index (χ0) is 5.91.